The van der Waals surface area contributed by atoms with Crippen LogP contribution in [0.2, 0.25) is 0 Å². The van der Waals surface area contributed by atoms with Crippen LogP contribution in [-0.4, -0.2) is 126 Å². The fourth-order valence-corrected chi connectivity index (χ4v) is 8.11. The van der Waals surface area contributed by atoms with Crippen LogP contribution in [0, 0.1) is 0 Å². The Morgan fingerprint density at radius 1 is 0.898 bits per heavy atom. The van der Waals surface area contributed by atoms with Crippen molar-refractivity contribution in [2.75, 3.05) is 45.0 Å². The van der Waals surface area contributed by atoms with E-state index in [9.17, 15) is 52.6 Å². The summed E-state index contributed by atoms with van der Waals surface area (Å²) in [6, 6.07) is 0. The van der Waals surface area contributed by atoms with Crippen LogP contribution in [0.25, 0.3) is 22.3 Å². The first-order chi connectivity index (χ1) is 27.1. The Morgan fingerprint density at radius 2 is 1.44 bits per heavy atom. The number of aliphatic hydroxyl groups is 3. The van der Waals surface area contributed by atoms with Gasteiger partial charge < -0.3 is 68.9 Å². The number of phosphoric acid groups is 2. The molecule has 33 heteroatoms. The number of nitrogens with one attached hydrogen (secondary N) is 3. The molecule has 330 valence electrons. The number of nitrogens with two attached hydrogens (primary N) is 2. The summed E-state index contributed by atoms with van der Waals surface area (Å²) in [7, 11) is -14.3. The molecule has 6 rings (SSSR count). The number of H-pyrrole nitrogens is 3. The first-order valence-corrected chi connectivity index (χ1v) is 20.8. The zero-order valence-electron chi connectivity index (χ0n) is 29.7. The second kappa shape index (κ2) is 17.8. The third-order valence-corrected chi connectivity index (χ3v) is 11.1. The standard InChI is InChI=1S/C25H36FN10O19P3.CH4/c1-34-8-36(19-13(34)21(41)33-25(28)31-19)22-16(39)14(37)10(53-22)5-51-57(44,45)49-3-9(55-56(26,42)43)4-50-58(46,47)52-6-11-15(38)17(48-2)23(54-11)35-7-29-12-18(35)30-24(27)32-20(12)40;/h7-11,14-17,22-23,37-39H,3-6H2,1-2H3,(H8-,27,28,30,31,32,33,40,41,42,43,44,45,46,47);1H4/t9?,10?,11?,14-,15-,16-,17-,22-,23-;/m1./s1. The summed E-state index contributed by atoms with van der Waals surface area (Å²) in [5.41, 5.74) is 9.92. The Labute approximate surface area is 329 Å². The highest BCUT2D eigenvalue weighted by Crippen LogP contribution is 2.48. The van der Waals surface area contributed by atoms with Crippen molar-refractivity contribution in [1.82, 2.24) is 29.5 Å². The molecule has 2 aliphatic rings. The van der Waals surface area contributed by atoms with Gasteiger partial charge in [-0.3, -0.25) is 47.7 Å². The topological polar surface area (TPSA) is 424 Å². The van der Waals surface area contributed by atoms with Crippen molar-refractivity contribution in [2.45, 2.75) is 62.6 Å². The van der Waals surface area contributed by atoms with Crippen molar-refractivity contribution in [3.05, 3.63) is 33.4 Å². The third kappa shape index (κ3) is 10.3. The number of phosphoric ester groups is 2. The molecule has 11 N–H and O–H groups in total. The maximum atomic E-state index is 13.6. The van der Waals surface area contributed by atoms with Crippen LogP contribution in [0.3, 0.4) is 0 Å². The monoisotopic (exact) mass is 908 g/mol. The van der Waals surface area contributed by atoms with E-state index >= 15 is 0 Å². The molecule has 6 heterocycles. The van der Waals surface area contributed by atoms with E-state index in [0.29, 0.717) is 0 Å². The summed E-state index contributed by atoms with van der Waals surface area (Å²) in [6.45, 7) is -4.70. The van der Waals surface area contributed by atoms with Crippen LogP contribution >= 0.6 is 23.6 Å². The van der Waals surface area contributed by atoms with Gasteiger partial charge in [-0.05, 0) is 0 Å². The molecule has 2 fully saturated rings. The Morgan fingerprint density at radius 3 is 2.02 bits per heavy atom. The van der Waals surface area contributed by atoms with Crippen LogP contribution in [0.5, 0.6) is 0 Å². The van der Waals surface area contributed by atoms with E-state index in [1.54, 1.807) is 0 Å². The molecule has 29 nitrogen and oxygen atoms in total. The Balaban J connectivity index is 0.00000661. The molecule has 12 atom stereocenters. The van der Waals surface area contributed by atoms with Gasteiger partial charge in [0.05, 0.1) is 33.5 Å². The summed E-state index contributed by atoms with van der Waals surface area (Å²) in [6.07, 6.45) is -11.6. The fourth-order valence-electron chi connectivity index (χ4n) is 6.12. The van der Waals surface area contributed by atoms with Crippen LogP contribution in [0.15, 0.2) is 22.2 Å². The van der Waals surface area contributed by atoms with Gasteiger partial charge in [0.1, 0.15) is 42.7 Å². The highest BCUT2D eigenvalue weighted by molar-refractivity contribution is 7.47. The zero-order valence-corrected chi connectivity index (χ0v) is 32.4. The molecule has 0 saturated carbocycles. The van der Waals surface area contributed by atoms with E-state index in [4.69, 9.17) is 39.6 Å². The molecule has 0 spiro atoms. The van der Waals surface area contributed by atoms with Crippen LogP contribution in [-0.2, 0) is 57.6 Å². The van der Waals surface area contributed by atoms with Gasteiger partial charge in [-0.15, -0.1) is 4.20 Å². The number of nitrogen functional groups attached to an aromatic ring is 2. The highest BCUT2D eigenvalue weighted by atomic mass is 31.2. The first kappa shape index (κ1) is 46.4. The van der Waals surface area contributed by atoms with Crippen molar-refractivity contribution in [3.8, 4) is 0 Å². The van der Waals surface area contributed by atoms with Gasteiger partial charge in [0.25, 0.3) is 38.7 Å². The molecule has 6 unspecified atom stereocenters. The lowest BCUT2D eigenvalue weighted by atomic mass is 10.1. The van der Waals surface area contributed by atoms with Gasteiger partial charge in [-0.2, -0.15) is 0 Å². The van der Waals surface area contributed by atoms with Crippen molar-refractivity contribution in [2.24, 2.45) is 7.05 Å². The van der Waals surface area contributed by atoms with E-state index in [1.807, 2.05) is 0 Å². The summed E-state index contributed by atoms with van der Waals surface area (Å²) in [5, 5.41) is 32.0. The minimum absolute atomic E-state index is 0. The van der Waals surface area contributed by atoms with Crippen LogP contribution in [0.1, 0.15) is 19.9 Å². The van der Waals surface area contributed by atoms with Crippen molar-refractivity contribution in [1.29, 1.82) is 0 Å². The molecule has 4 aromatic heterocycles. The number of fused-ring (bicyclic) bond motifs is 2. The van der Waals surface area contributed by atoms with Gasteiger partial charge in [-0.25, -0.2) is 13.7 Å². The minimum Gasteiger partial charge on any atom is -0.756 e. The molecule has 0 aliphatic carbocycles. The average molecular weight is 909 g/mol. The van der Waals surface area contributed by atoms with E-state index in [-0.39, 0.29) is 41.7 Å². The number of aromatic amines is 3. The number of rotatable bonds is 17. The summed E-state index contributed by atoms with van der Waals surface area (Å²) < 4.78 is 93.3. The lowest BCUT2D eigenvalue weighted by molar-refractivity contribution is -0.746. The molecule has 0 amide bonds. The molecular weight excluding hydrogens is 868 g/mol. The number of hydrogen-bond donors (Lipinski definition) is 9. The van der Waals surface area contributed by atoms with Crippen molar-refractivity contribution >= 4 is 57.8 Å². The molecule has 2 saturated heterocycles. The summed E-state index contributed by atoms with van der Waals surface area (Å²) in [5.74, 6) is -0.527. The number of methoxy groups -OCH3 is 1. The maximum Gasteiger partial charge on any atom is 0.510 e. The minimum atomic E-state index is -5.95. The zero-order chi connectivity index (χ0) is 42.5. The SMILES string of the molecule is C.CO[C@@H]1[C@H](O)C(COP(=O)([O-])OCC(COP(=O)([O-])OCC2O[C@@H]([n+]3cn(C)c4c(=O)[nH]c(N)nc43)[C@H](O)[C@@H]2O)OP(=O)(O)F)O[C@H]1[n+]1c[nH]c2c(=O)[nH]c(N)nc21. The van der Waals surface area contributed by atoms with Gasteiger partial charge >= 0.3 is 19.2 Å². The third-order valence-electron chi connectivity index (χ3n) is 8.68. The number of halogens is 1. The number of anilines is 2. The Kier molecular flexibility index (Phi) is 14.0. The van der Waals surface area contributed by atoms with Gasteiger partial charge in [-0.1, -0.05) is 17.4 Å². The van der Waals surface area contributed by atoms with Crippen molar-refractivity contribution in [3.63, 3.8) is 0 Å². The predicted molar refractivity (Wildman–Crippen MR) is 185 cm³/mol. The van der Waals surface area contributed by atoms with E-state index in [2.05, 4.69) is 38.5 Å². The van der Waals surface area contributed by atoms with Crippen LogP contribution < -0.4 is 41.5 Å². The Bertz CT molecular complexity index is 2410. The summed E-state index contributed by atoms with van der Waals surface area (Å²) in [4.78, 5) is 74.1. The number of aromatic nitrogens is 8. The lowest BCUT2D eigenvalue weighted by Gasteiger charge is -2.29. The molecule has 2 aliphatic heterocycles. The number of aryl methyl sites for hydroxylation is 1. The average Bonchev–Trinajstić information content (AvgIpc) is 3.86. The Hall–Kier alpha value is -3.64. The van der Waals surface area contributed by atoms with E-state index in [1.165, 1.54) is 35.9 Å². The number of imidazole rings is 2. The van der Waals surface area contributed by atoms with E-state index < -0.39 is 116 Å². The first-order valence-electron chi connectivity index (χ1n) is 16.4. The molecule has 0 radical (unpaired) electrons. The molecule has 0 bridgehead atoms. The lowest BCUT2D eigenvalue weighted by Crippen LogP contribution is -2.46. The normalized spacial score (nSPS) is 28.3. The van der Waals surface area contributed by atoms with Crippen LogP contribution in [0.4, 0.5) is 16.1 Å². The second-order valence-electron chi connectivity index (χ2n) is 12.6. The smallest absolute Gasteiger partial charge is 0.510 e. The van der Waals surface area contributed by atoms with Gasteiger partial charge in [0.2, 0.25) is 23.5 Å². The molecule has 0 aromatic carbocycles. The predicted octanol–water partition coefficient (Wildman–Crippen LogP) is -4.75. The molecular formula is C26H40FN10O19P3. The van der Waals surface area contributed by atoms with Crippen molar-refractivity contribution < 1.29 is 93.9 Å². The van der Waals surface area contributed by atoms with Gasteiger partial charge in [0.15, 0.2) is 12.7 Å². The van der Waals surface area contributed by atoms with Gasteiger partial charge in [0, 0.05) is 7.11 Å². The molecule has 59 heavy (non-hydrogen) atoms. The largest absolute Gasteiger partial charge is 0.756 e. The van der Waals surface area contributed by atoms with E-state index in [0.717, 1.165) is 4.57 Å². The molecule has 4 aromatic rings. The number of aliphatic hydroxyl groups excluding tert-OH is 3. The number of ether oxygens (including phenoxy) is 3. The highest BCUT2D eigenvalue weighted by Gasteiger charge is 2.49. The number of nitrogens with zero attached hydrogens (tertiary/aromatic N) is 5. The number of hydrogen-bond acceptors (Lipinski definition) is 22. The summed E-state index contributed by atoms with van der Waals surface area (Å²) >= 11 is 0. The second-order valence-corrected chi connectivity index (χ2v) is 16.6. The quantitative estimate of drug-likeness (QED) is 0.0355. The fraction of sp³-hybridized carbons (Fsp3) is 0.615. The maximum absolute atomic E-state index is 13.6.